The number of para-hydroxylation sites is 1. The molecule has 0 aliphatic carbocycles. The van der Waals surface area contributed by atoms with Crippen LogP contribution in [0.2, 0.25) is 0 Å². The second kappa shape index (κ2) is 11.4. The van der Waals surface area contributed by atoms with Gasteiger partial charge in [0.05, 0.1) is 0 Å². The van der Waals surface area contributed by atoms with Crippen LogP contribution in [-0.2, 0) is 11.2 Å². The molecule has 0 saturated heterocycles. The predicted molar refractivity (Wildman–Crippen MR) is 147 cm³/mol. The van der Waals surface area contributed by atoms with Crippen molar-refractivity contribution < 1.29 is 14.7 Å². The van der Waals surface area contributed by atoms with Crippen LogP contribution in [0.15, 0.2) is 96.6 Å². The molecule has 0 aromatic heterocycles. The van der Waals surface area contributed by atoms with Gasteiger partial charge in [-0.1, -0.05) is 73.2 Å². The van der Waals surface area contributed by atoms with Crippen LogP contribution in [-0.4, -0.2) is 23.5 Å². The van der Waals surface area contributed by atoms with Crippen LogP contribution < -0.4 is 10.6 Å². The van der Waals surface area contributed by atoms with E-state index in [4.69, 9.17) is 5.11 Å². The number of anilines is 2. The number of rotatable bonds is 9. The molecular weight excluding hydrogens is 448 g/mol. The van der Waals surface area contributed by atoms with Gasteiger partial charge < -0.3 is 15.7 Å². The Kier molecular flexibility index (Phi) is 7.81. The first kappa shape index (κ1) is 24.7. The number of allylic oxidation sites excluding steroid dienone is 2. The minimum absolute atomic E-state index is 0.138. The molecule has 0 radical (unpaired) electrons. The Labute approximate surface area is 211 Å². The number of fused-ring (bicyclic) bond motifs is 1. The van der Waals surface area contributed by atoms with Crippen LogP contribution in [0.25, 0.3) is 16.3 Å². The molecule has 0 aliphatic rings. The third-order valence-corrected chi connectivity index (χ3v) is 6.33. The van der Waals surface area contributed by atoms with Gasteiger partial charge >= 0.3 is 5.97 Å². The second-order valence-electron chi connectivity index (χ2n) is 8.80. The van der Waals surface area contributed by atoms with E-state index < -0.39 is 5.97 Å². The van der Waals surface area contributed by atoms with Crippen molar-refractivity contribution in [3.63, 3.8) is 0 Å². The highest BCUT2D eigenvalue weighted by molar-refractivity contribution is 6.06. The molecule has 0 heterocycles. The highest BCUT2D eigenvalue weighted by Gasteiger charge is 2.13. The van der Waals surface area contributed by atoms with Gasteiger partial charge in [0.1, 0.15) is 6.54 Å². The summed E-state index contributed by atoms with van der Waals surface area (Å²) in [6.07, 6.45) is 1.59. The van der Waals surface area contributed by atoms with Gasteiger partial charge in [0.25, 0.3) is 5.91 Å². The molecule has 0 unspecified atom stereocenters. The summed E-state index contributed by atoms with van der Waals surface area (Å²) in [5, 5.41) is 17.3. The van der Waals surface area contributed by atoms with Gasteiger partial charge in [-0.25, -0.2) is 0 Å². The fourth-order valence-corrected chi connectivity index (χ4v) is 4.20. The lowest BCUT2D eigenvalue weighted by Gasteiger charge is -2.17. The molecule has 5 heteroatoms. The largest absolute Gasteiger partial charge is 0.480 e. The molecule has 4 rings (SSSR count). The summed E-state index contributed by atoms with van der Waals surface area (Å²) in [6.45, 7) is 4.09. The topological polar surface area (TPSA) is 78.4 Å². The van der Waals surface area contributed by atoms with E-state index in [0.29, 0.717) is 12.0 Å². The van der Waals surface area contributed by atoms with Crippen molar-refractivity contribution in [2.75, 3.05) is 17.2 Å². The zero-order valence-corrected chi connectivity index (χ0v) is 20.5. The summed E-state index contributed by atoms with van der Waals surface area (Å²) in [6, 6.07) is 29.4. The SMILES string of the molecule is CCC(C)=C(Cc1ccc(NC(=O)c2ccc3ccccc3c2)cc1)c1ccccc1NCC(=O)O. The third-order valence-electron chi connectivity index (χ3n) is 6.33. The Morgan fingerprint density at radius 3 is 2.25 bits per heavy atom. The molecule has 0 atom stereocenters. The molecule has 4 aromatic carbocycles. The quantitative estimate of drug-likeness (QED) is 0.242. The molecule has 182 valence electrons. The van der Waals surface area contributed by atoms with E-state index in [-0.39, 0.29) is 12.5 Å². The first-order valence-electron chi connectivity index (χ1n) is 12.1. The number of carboxylic acid groups (broad SMARTS) is 1. The lowest BCUT2D eigenvalue weighted by atomic mass is 9.91. The van der Waals surface area contributed by atoms with Crippen LogP contribution in [0.3, 0.4) is 0 Å². The van der Waals surface area contributed by atoms with Crippen molar-refractivity contribution in [1.82, 2.24) is 0 Å². The van der Waals surface area contributed by atoms with Crippen LogP contribution in [0.1, 0.15) is 41.8 Å². The summed E-state index contributed by atoms with van der Waals surface area (Å²) in [7, 11) is 0. The number of carbonyl (C=O) groups excluding carboxylic acids is 1. The van der Waals surface area contributed by atoms with Crippen molar-refractivity contribution in [1.29, 1.82) is 0 Å². The van der Waals surface area contributed by atoms with Crippen LogP contribution in [0.4, 0.5) is 11.4 Å². The average Bonchev–Trinajstić information content (AvgIpc) is 2.91. The van der Waals surface area contributed by atoms with E-state index in [1.807, 2.05) is 91.0 Å². The van der Waals surface area contributed by atoms with Gasteiger partial charge in [0.15, 0.2) is 0 Å². The highest BCUT2D eigenvalue weighted by Crippen LogP contribution is 2.31. The minimum Gasteiger partial charge on any atom is -0.480 e. The standard InChI is InChI=1S/C31H30N2O3/c1-3-21(2)28(27-10-6-7-11-29(27)32-20-30(34)35)18-22-12-16-26(17-13-22)33-31(36)25-15-14-23-8-4-5-9-24(23)19-25/h4-17,19,32H,3,18,20H2,1-2H3,(H,33,36)(H,34,35). The summed E-state index contributed by atoms with van der Waals surface area (Å²) in [4.78, 5) is 23.9. The maximum atomic E-state index is 12.8. The lowest BCUT2D eigenvalue weighted by molar-refractivity contribution is -0.134. The number of carbonyl (C=O) groups is 2. The monoisotopic (exact) mass is 478 g/mol. The molecule has 3 N–H and O–H groups in total. The van der Waals surface area contributed by atoms with Gasteiger partial charge in [0, 0.05) is 22.5 Å². The lowest BCUT2D eigenvalue weighted by Crippen LogP contribution is -2.13. The number of hydrogen-bond donors (Lipinski definition) is 3. The minimum atomic E-state index is -0.899. The van der Waals surface area contributed by atoms with E-state index in [2.05, 4.69) is 24.5 Å². The Morgan fingerprint density at radius 1 is 0.833 bits per heavy atom. The zero-order valence-electron chi connectivity index (χ0n) is 20.5. The van der Waals surface area contributed by atoms with Gasteiger partial charge in [-0.05, 0) is 72.0 Å². The molecule has 5 nitrogen and oxygen atoms in total. The van der Waals surface area contributed by atoms with Gasteiger partial charge in [-0.3, -0.25) is 9.59 Å². The van der Waals surface area contributed by atoms with Crippen molar-refractivity contribution in [3.8, 4) is 0 Å². The van der Waals surface area contributed by atoms with E-state index in [0.717, 1.165) is 39.7 Å². The fourth-order valence-electron chi connectivity index (χ4n) is 4.20. The van der Waals surface area contributed by atoms with Crippen molar-refractivity contribution in [2.24, 2.45) is 0 Å². The number of aliphatic carboxylic acids is 1. The Bertz CT molecular complexity index is 1420. The van der Waals surface area contributed by atoms with E-state index >= 15 is 0 Å². The maximum absolute atomic E-state index is 12.8. The first-order chi connectivity index (χ1) is 17.4. The summed E-state index contributed by atoms with van der Waals surface area (Å²) >= 11 is 0. The van der Waals surface area contributed by atoms with Crippen molar-refractivity contribution >= 4 is 39.6 Å². The normalized spacial score (nSPS) is 11.6. The van der Waals surface area contributed by atoms with Gasteiger partial charge in [-0.2, -0.15) is 0 Å². The summed E-state index contributed by atoms with van der Waals surface area (Å²) in [5.74, 6) is -1.04. The highest BCUT2D eigenvalue weighted by atomic mass is 16.4. The molecular formula is C31H30N2O3. The van der Waals surface area contributed by atoms with Crippen LogP contribution >= 0.6 is 0 Å². The van der Waals surface area contributed by atoms with Gasteiger partial charge in [0.2, 0.25) is 0 Å². The predicted octanol–water partition coefficient (Wildman–Crippen LogP) is 7.01. The molecule has 1 amide bonds. The molecule has 0 bridgehead atoms. The molecule has 0 aliphatic heterocycles. The number of nitrogens with one attached hydrogen (secondary N) is 2. The Morgan fingerprint density at radius 2 is 1.53 bits per heavy atom. The molecule has 36 heavy (non-hydrogen) atoms. The van der Waals surface area contributed by atoms with Gasteiger partial charge in [-0.15, -0.1) is 0 Å². The van der Waals surface area contributed by atoms with E-state index in [1.54, 1.807) is 0 Å². The number of carboxylic acids is 1. The first-order valence-corrected chi connectivity index (χ1v) is 12.1. The summed E-state index contributed by atoms with van der Waals surface area (Å²) in [5.41, 5.74) is 6.68. The number of benzene rings is 4. The maximum Gasteiger partial charge on any atom is 0.322 e. The number of hydrogen-bond acceptors (Lipinski definition) is 3. The second-order valence-corrected chi connectivity index (χ2v) is 8.80. The molecule has 0 saturated carbocycles. The Hall–Kier alpha value is -4.38. The Balaban J connectivity index is 1.51. The fraction of sp³-hybridized carbons (Fsp3) is 0.161. The van der Waals surface area contributed by atoms with Crippen molar-refractivity contribution in [2.45, 2.75) is 26.7 Å². The smallest absolute Gasteiger partial charge is 0.322 e. The van der Waals surface area contributed by atoms with Crippen LogP contribution in [0, 0.1) is 0 Å². The number of amides is 1. The third kappa shape index (κ3) is 5.99. The van der Waals surface area contributed by atoms with E-state index in [1.165, 1.54) is 11.1 Å². The molecule has 0 fully saturated rings. The van der Waals surface area contributed by atoms with E-state index in [9.17, 15) is 9.59 Å². The van der Waals surface area contributed by atoms with Crippen molar-refractivity contribution in [3.05, 3.63) is 113 Å². The van der Waals surface area contributed by atoms with Crippen LogP contribution in [0.5, 0.6) is 0 Å². The molecule has 0 spiro atoms. The zero-order chi connectivity index (χ0) is 25.5. The average molecular weight is 479 g/mol. The summed E-state index contributed by atoms with van der Waals surface area (Å²) < 4.78 is 0. The molecule has 4 aromatic rings.